The van der Waals surface area contributed by atoms with E-state index in [1.807, 2.05) is 0 Å². The van der Waals surface area contributed by atoms with Crippen molar-refractivity contribution in [3.63, 3.8) is 0 Å². The van der Waals surface area contributed by atoms with Gasteiger partial charge in [-0.3, -0.25) is 0 Å². The van der Waals surface area contributed by atoms with E-state index in [-0.39, 0.29) is 18.6 Å². The second kappa shape index (κ2) is 4.49. The third kappa shape index (κ3) is 2.83. The first kappa shape index (κ1) is 11.8. The summed E-state index contributed by atoms with van der Waals surface area (Å²) in [6, 6.07) is 5.23. The molecule has 0 radical (unpaired) electrons. The standard InChI is InChI=1S/C11H11F3O/c1-8(6-7-15)9-4-2-3-5-10(9)11(12,13)14/h2-5,15H,1,6-7H2. The quantitative estimate of drug-likeness (QED) is 0.823. The lowest BCUT2D eigenvalue weighted by atomic mass is 9.98. The lowest BCUT2D eigenvalue weighted by Gasteiger charge is -2.13. The molecule has 0 saturated carbocycles. The number of benzene rings is 1. The molecule has 0 fully saturated rings. The Morgan fingerprint density at radius 3 is 2.40 bits per heavy atom. The van der Waals surface area contributed by atoms with Crippen LogP contribution in [-0.2, 0) is 6.18 Å². The smallest absolute Gasteiger partial charge is 0.396 e. The zero-order chi connectivity index (χ0) is 11.5. The molecule has 0 amide bonds. The summed E-state index contributed by atoms with van der Waals surface area (Å²) in [6.45, 7) is 3.33. The second-order valence-corrected chi connectivity index (χ2v) is 3.12. The third-order valence-corrected chi connectivity index (χ3v) is 2.03. The highest BCUT2D eigenvalue weighted by Gasteiger charge is 2.33. The van der Waals surface area contributed by atoms with Gasteiger partial charge < -0.3 is 5.11 Å². The molecular weight excluding hydrogens is 205 g/mol. The molecule has 4 heteroatoms. The second-order valence-electron chi connectivity index (χ2n) is 3.12. The zero-order valence-electron chi connectivity index (χ0n) is 8.01. The van der Waals surface area contributed by atoms with Crippen molar-refractivity contribution >= 4 is 5.57 Å². The van der Waals surface area contributed by atoms with Gasteiger partial charge in [0.2, 0.25) is 0 Å². The van der Waals surface area contributed by atoms with Crippen molar-refractivity contribution in [1.82, 2.24) is 0 Å². The van der Waals surface area contributed by atoms with Crippen LogP contribution in [0, 0.1) is 0 Å². The van der Waals surface area contributed by atoms with Gasteiger partial charge in [-0.15, -0.1) is 0 Å². The van der Waals surface area contributed by atoms with Crippen LogP contribution in [0.3, 0.4) is 0 Å². The van der Waals surface area contributed by atoms with Crippen molar-refractivity contribution in [3.8, 4) is 0 Å². The molecule has 1 rings (SSSR count). The highest BCUT2D eigenvalue weighted by molar-refractivity contribution is 5.66. The van der Waals surface area contributed by atoms with E-state index in [9.17, 15) is 13.2 Å². The van der Waals surface area contributed by atoms with E-state index in [0.717, 1.165) is 6.07 Å². The number of hydrogen-bond acceptors (Lipinski definition) is 1. The van der Waals surface area contributed by atoms with Gasteiger partial charge in [-0.2, -0.15) is 13.2 Å². The first-order valence-corrected chi connectivity index (χ1v) is 4.42. The lowest BCUT2D eigenvalue weighted by Crippen LogP contribution is -2.08. The molecule has 82 valence electrons. The predicted molar refractivity (Wildman–Crippen MR) is 52.2 cm³/mol. The molecule has 0 saturated heterocycles. The summed E-state index contributed by atoms with van der Waals surface area (Å²) in [6.07, 6.45) is -4.23. The summed E-state index contributed by atoms with van der Waals surface area (Å²) >= 11 is 0. The monoisotopic (exact) mass is 216 g/mol. The molecule has 0 spiro atoms. The van der Waals surface area contributed by atoms with Crippen LogP contribution in [0.15, 0.2) is 30.8 Å². The Labute approximate surface area is 85.9 Å². The van der Waals surface area contributed by atoms with E-state index in [2.05, 4.69) is 6.58 Å². The number of aliphatic hydroxyl groups excluding tert-OH is 1. The van der Waals surface area contributed by atoms with E-state index < -0.39 is 11.7 Å². The Morgan fingerprint density at radius 1 is 1.27 bits per heavy atom. The summed E-state index contributed by atoms with van der Waals surface area (Å²) < 4.78 is 37.6. The molecule has 0 aliphatic carbocycles. The van der Waals surface area contributed by atoms with Gasteiger partial charge >= 0.3 is 6.18 Å². The molecule has 1 aromatic rings. The Kier molecular flexibility index (Phi) is 3.52. The highest BCUT2D eigenvalue weighted by atomic mass is 19.4. The Hall–Kier alpha value is -1.29. The summed E-state index contributed by atoms with van der Waals surface area (Å²) in [5.74, 6) is 0. The van der Waals surface area contributed by atoms with Gasteiger partial charge in [0.25, 0.3) is 0 Å². The Balaban J connectivity index is 3.12. The average molecular weight is 216 g/mol. The number of alkyl halides is 3. The van der Waals surface area contributed by atoms with Crippen LogP contribution in [0.5, 0.6) is 0 Å². The van der Waals surface area contributed by atoms with E-state index in [0.29, 0.717) is 5.57 Å². The van der Waals surface area contributed by atoms with Crippen molar-refractivity contribution in [2.45, 2.75) is 12.6 Å². The molecule has 0 aromatic heterocycles. The average Bonchev–Trinajstić information content (AvgIpc) is 2.17. The summed E-state index contributed by atoms with van der Waals surface area (Å²) in [7, 11) is 0. The Bertz CT molecular complexity index is 355. The minimum Gasteiger partial charge on any atom is -0.396 e. The molecule has 0 unspecified atom stereocenters. The molecule has 0 bridgehead atoms. The topological polar surface area (TPSA) is 20.2 Å². The minimum absolute atomic E-state index is 0.0547. The van der Waals surface area contributed by atoms with Crippen LogP contribution in [-0.4, -0.2) is 11.7 Å². The van der Waals surface area contributed by atoms with Crippen molar-refractivity contribution in [2.24, 2.45) is 0 Å². The van der Waals surface area contributed by atoms with Crippen LogP contribution < -0.4 is 0 Å². The van der Waals surface area contributed by atoms with Gasteiger partial charge in [0.05, 0.1) is 5.56 Å². The maximum absolute atomic E-state index is 12.5. The number of hydrogen-bond donors (Lipinski definition) is 1. The summed E-state index contributed by atoms with van der Waals surface area (Å²) in [5, 5.41) is 8.65. The summed E-state index contributed by atoms with van der Waals surface area (Å²) in [5.41, 5.74) is -0.354. The van der Waals surface area contributed by atoms with Crippen molar-refractivity contribution < 1.29 is 18.3 Å². The molecule has 0 aliphatic rings. The normalized spacial score (nSPS) is 11.5. The zero-order valence-corrected chi connectivity index (χ0v) is 8.01. The van der Waals surface area contributed by atoms with Crippen LogP contribution in [0.1, 0.15) is 17.5 Å². The largest absolute Gasteiger partial charge is 0.416 e. The van der Waals surface area contributed by atoms with Crippen LogP contribution in [0.25, 0.3) is 5.57 Å². The molecule has 1 N–H and O–H groups in total. The first-order chi connectivity index (χ1) is 6.96. The molecule has 15 heavy (non-hydrogen) atoms. The number of aliphatic hydroxyl groups is 1. The van der Waals surface area contributed by atoms with E-state index in [1.54, 1.807) is 0 Å². The molecular formula is C11H11F3O. The lowest BCUT2D eigenvalue weighted by molar-refractivity contribution is -0.137. The molecule has 0 atom stereocenters. The number of rotatable bonds is 3. The van der Waals surface area contributed by atoms with Gasteiger partial charge in [-0.1, -0.05) is 24.8 Å². The van der Waals surface area contributed by atoms with Gasteiger partial charge in [0, 0.05) is 6.61 Å². The van der Waals surface area contributed by atoms with Crippen molar-refractivity contribution in [2.75, 3.05) is 6.61 Å². The molecule has 1 nitrogen and oxygen atoms in total. The minimum atomic E-state index is -4.38. The molecule has 0 aliphatic heterocycles. The fraction of sp³-hybridized carbons (Fsp3) is 0.273. The Morgan fingerprint density at radius 2 is 1.87 bits per heavy atom. The van der Waals surface area contributed by atoms with Crippen molar-refractivity contribution in [3.05, 3.63) is 42.0 Å². The van der Waals surface area contributed by atoms with E-state index in [1.165, 1.54) is 18.2 Å². The van der Waals surface area contributed by atoms with E-state index >= 15 is 0 Å². The SMILES string of the molecule is C=C(CCO)c1ccccc1C(F)(F)F. The van der Waals surface area contributed by atoms with E-state index in [4.69, 9.17) is 5.11 Å². The van der Waals surface area contributed by atoms with Crippen LogP contribution in [0.4, 0.5) is 13.2 Å². The van der Waals surface area contributed by atoms with Gasteiger partial charge in [0.1, 0.15) is 0 Å². The maximum Gasteiger partial charge on any atom is 0.416 e. The fourth-order valence-electron chi connectivity index (χ4n) is 1.31. The molecule has 1 aromatic carbocycles. The third-order valence-electron chi connectivity index (χ3n) is 2.03. The molecule has 0 heterocycles. The van der Waals surface area contributed by atoms with Crippen molar-refractivity contribution in [1.29, 1.82) is 0 Å². The van der Waals surface area contributed by atoms with Gasteiger partial charge in [-0.05, 0) is 23.6 Å². The first-order valence-electron chi connectivity index (χ1n) is 4.42. The summed E-state index contributed by atoms with van der Waals surface area (Å²) in [4.78, 5) is 0. The van der Waals surface area contributed by atoms with Crippen LogP contribution >= 0.6 is 0 Å². The predicted octanol–water partition coefficient (Wildman–Crippen LogP) is 3.10. The highest BCUT2D eigenvalue weighted by Crippen LogP contribution is 2.34. The fourth-order valence-corrected chi connectivity index (χ4v) is 1.31. The van der Waals surface area contributed by atoms with Crippen LogP contribution in [0.2, 0.25) is 0 Å². The van der Waals surface area contributed by atoms with Gasteiger partial charge in [0.15, 0.2) is 0 Å². The van der Waals surface area contributed by atoms with Gasteiger partial charge in [-0.25, -0.2) is 0 Å². The maximum atomic E-state index is 12.5. The number of halogens is 3.